The lowest BCUT2D eigenvalue weighted by Crippen LogP contribution is -1.90. The molecule has 0 amide bonds. The summed E-state index contributed by atoms with van der Waals surface area (Å²) in [7, 11) is 0. The van der Waals surface area contributed by atoms with Crippen LogP contribution in [0.15, 0.2) is 154 Å². The number of hydrogen-bond acceptors (Lipinski definition) is 3. The first kappa shape index (κ1) is 25.3. The molecule has 0 aliphatic heterocycles. The fourth-order valence-corrected chi connectivity index (χ4v) is 8.96. The minimum atomic E-state index is 0.911. The summed E-state index contributed by atoms with van der Waals surface area (Å²) in [6, 6.07) is 52.4. The fraction of sp³-hybridized carbons (Fsp3) is 0. The van der Waals surface area contributed by atoms with Crippen LogP contribution in [-0.4, -0.2) is 0 Å². The van der Waals surface area contributed by atoms with E-state index in [1.165, 1.54) is 69.2 Å². The van der Waals surface area contributed by atoms with Gasteiger partial charge in [-0.3, -0.25) is 0 Å². The highest BCUT2D eigenvalue weighted by molar-refractivity contribution is 7.26. The van der Waals surface area contributed by atoms with E-state index in [0.717, 1.165) is 38.7 Å². The average molecular weight is 617 g/mol. The third-order valence-electron chi connectivity index (χ3n) is 9.86. The van der Waals surface area contributed by atoms with Gasteiger partial charge in [0.05, 0.1) is 0 Å². The van der Waals surface area contributed by atoms with Crippen LogP contribution in [-0.2, 0) is 0 Å². The second-order valence-electron chi connectivity index (χ2n) is 12.4. The number of thiophene rings is 1. The van der Waals surface area contributed by atoms with Gasteiger partial charge >= 0.3 is 0 Å². The first-order chi connectivity index (χ1) is 23.3. The molecule has 0 saturated carbocycles. The first-order valence-corrected chi connectivity index (χ1v) is 16.7. The van der Waals surface area contributed by atoms with E-state index in [-0.39, 0.29) is 0 Å². The van der Waals surface area contributed by atoms with Crippen molar-refractivity contribution < 1.29 is 8.83 Å². The standard InChI is InChI=1S/C44H24O2S/c1-3-12-31-29(10-1)41(25-18-21-39-34(23-25)44-40(47-39)22-20-37-43(44)33-14-6-8-16-36(33)45-37)30-11-2-4-13-32(30)42(31)26-17-19-28-27-9-5-7-15-35(27)46-38(28)24-26/h1-24H. The molecule has 8 aromatic carbocycles. The number of benzene rings is 8. The molecule has 0 spiro atoms. The molecule has 3 heterocycles. The van der Waals surface area contributed by atoms with Crippen molar-refractivity contribution in [3.8, 4) is 22.3 Å². The van der Waals surface area contributed by atoms with Crippen LogP contribution in [0.25, 0.3) is 108 Å². The van der Waals surface area contributed by atoms with Crippen LogP contribution in [0.5, 0.6) is 0 Å². The number of rotatable bonds is 2. The van der Waals surface area contributed by atoms with Gasteiger partial charge in [-0.15, -0.1) is 11.3 Å². The lowest BCUT2D eigenvalue weighted by Gasteiger charge is -2.18. The Kier molecular flexibility index (Phi) is 5.02. The van der Waals surface area contributed by atoms with Crippen molar-refractivity contribution in [1.29, 1.82) is 0 Å². The average Bonchev–Trinajstić information content (AvgIpc) is 3.80. The SMILES string of the molecule is c1ccc2c(c1)oc1cc(-c3c4ccccc4c(-c4ccc5sc6ccc7oc8ccccc8c7c6c5c4)c4ccccc34)ccc12. The second-order valence-corrected chi connectivity index (χ2v) is 13.5. The van der Waals surface area contributed by atoms with E-state index in [1.807, 2.05) is 29.5 Å². The van der Waals surface area contributed by atoms with Gasteiger partial charge in [0.1, 0.15) is 22.3 Å². The Morgan fingerprint density at radius 3 is 1.53 bits per heavy atom. The molecule has 3 heteroatoms. The molecule has 11 aromatic rings. The van der Waals surface area contributed by atoms with Gasteiger partial charge in [0, 0.05) is 41.7 Å². The Balaban J connectivity index is 1.22. The number of fused-ring (bicyclic) bond motifs is 12. The summed E-state index contributed by atoms with van der Waals surface area (Å²) in [6.45, 7) is 0. The minimum absolute atomic E-state index is 0.911. The molecule has 0 atom stereocenters. The number of hydrogen-bond donors (Lipinski definition) is 0. The smallest absolute Gasteiger partial charge is 0.136 e. The zero-order valence-corrected chi connectivity index (χ0v) is 25.9. The third-order valence-corrected chi connectivity index (χ3v) is 11.0. The van der Waals surface area contributed by atoms with Gasteiger partial charge in [-0.1, -0.05) is 97.1 Å². The van der Waals surface area contributed by atoms with E-state index >= 15 is 0 Å². The van der Waals surface area contributed by atoms with Crippen LogP contribution in [0, 0.1) is 0 Å². The Hall–Kier alpha value is -5.90. The highest BCUT2D eigenvalue weighted by Gasteiger charge is 2.20. The van der Waals surface area contributed by atoms with Crippen molar-refractivity contribution in [1.82, 2.24) is 0 Å². The Bertz CT molecular complexity index is 3020. The minimum Gasteiger partial charge on any atom is -0.456 e. The van der Waals surface area contributed by atoms with Crippen LogP contribution < -0.4 is 0 Å². The summed E-state index contributed by atoms with van der Waals surface area (Å²) >= 11 is 1.85. The summed E-state index contributed by atoms with van der Waals surface area (Å²) in [4.78, 5) is 0. The maximum absolute atomic E-state index is 6.35. The Labute approximate surface area is 272 Å². The maximum atomic E-state index is 6.35. The van der Waals surface area contributed by atoms with E-state index in [9.17, 15) is 0 Å². The largest absolute Gasteiger partial charge is 0.456 e. The predicted molar refractivity (Wildman–Crippen MR) is 200 cm³/mol. The molecule has 0 aliphatic rings. The zero-order chi connectivity index (χ0) is 30.6. The summed E-state index contributed by atoms with van der Waals surface area (Å²) in [5, 5.41) is 12.2. The van der Waals surface area contributed by atoms with Crippen LogP contribution in [0.4, 0.5) is 0 Å². The molecule has 3 aromatic heterocycles. The molecular weight excluding hydrogens is 593 g/mol. The number of furan rings is 2. The van der Waals surface area contributed by atoms with Crippen LogP contribution >= 0.6 is 11.3 Å². The number of para-hydroxylation sites is 2. The van der Waals surface area contributed by atoms with E-state index in [1.54, 1.807) is 0 Å². The van der Waals surface area contributed by atoms with Crippen molar-refractivity contribution in [3.05, 3.63) is 146 Å². The summed E-state index contributed by atoms with van der Waals surface area (Å²) in [5.74, 6) is 0. The van der Waals surface area contributed by atoms with Crippen LogP contribution in [0.3, 0.4) is 0 Å². The topological polar surface area (TPSA) is 26.3 Å². The molecule has 0 unspecified atom stereocenters. The molecule has 0 bridgehead atoms. The Morgan fingerprint density at radius 2 is 0.830 bits per heavy atom. The van der Waals surface area contributed by atoms with Gasteiger partial charge < -0.3 is 8.83 Å². The molecule has 2 nitrogen and oxygen atoms in total. The molecule has 0 saturated heterocycles. The van der Waals surface area contributed by atoms with Gasteiger partial charge in [0.25, 0.3) is 0 Å². The molecule has 47 heavy (non-hydrogen) atoms. The van der Waals surface area contributed by atoms with Crippen LogP contribution in [0.2, 0.25) is 0 Å². The van der Waals surface area contributed by atoms with Crippen molar-refractivity contribution in [3.63, 3.8) is 0 Å². The second kappa shape index (κ2) is 9.32. The zero-order valence-electron chi connectivity index (χ0n) is 25.1. The van der Waals surface area contributed by atoms with E-state index < -0.39 is 0 Å². The lowest BCUT2D eigenvalue weighted by molar-refractivity contribution is 0.669. The fourth-order valence-electron chi connectivity index (χ4n) is 7.87. The molecule has 0 fully saturated rings. The molecule has 0 radical (unpaired) electrons. The molecule has 11 rings (SSSR count). The molecular formula is C44H24O2S. The van der Waals surface area contributed by atoms with Crippen molar-refractivity contribution in [2.24, 2.45) is 0 Å². The normalized spacial score (nSPS) is 12.3. The highest BCUT2D eigenvalue weighted by atomic mass is 32.1. The molecule has 0 N–H and O–H groups in total. The first-order valence-electron chi connectivity index (χ1n) is 15.9. The van der Waals surface area contributed by atoms with E-state index in [2.05, 4.69) is 127 Å². The quantitative estimate of drug-likeness (QED) is 0.181. The highest BCUT2D eigenvalue weighted by Crippen LogP contribution is 2.47. The Morgan fingerprint density at radius 1 is 0.319 bits per heavy atom. The summed E-state index contributed by atoms with van der Waals surface area (Å²) in [6.07, 6.45) is 0. The van der Waals surface area contributed by atoms with E-state index in [4.69, 9.17) is 8.83 Å². The summed E-state index contributed by atoms with van der Waals surface area (Å²) < 4.78 is 15.2. The monoisotopic (exact) mass is 616 g/mol. The summed E-state index contributed by atoms with van der Waals surface area (Å²) in [5.41, 5.74) is 8.56. The molecule has 0 aliphatic carbocycles. The van der Waals surface area contributed by atoms with Gasteiger partial charge in [-0.2, -0.15) is 0 Å². The lowest BCUT2D eigenvalue weighted by atomic mass is 9.85. The van der Waals surface area contributed by atoms with Gasteiger partial charge in [0.15, 0.2) is 0 Å². The van der Waals surface area contributed by atoms with Crippen molar-refractivity contribution >= 4 is 96.9 Å². The van der Waals surface area contributed by atoms with Gasteiger partial charge in [0.2, 0.25) is 0 Å². The van der Waals surface area contributed by atoms with Crippen LogP contribution in [0.1, 0.15) is 0 Å². The third kappa shape index (κ3) is 3.49. The van der Waals surface area contributed by atoms with Gasteiger partial charge in [-0.25, -0.2) is 0 Å². The predicted octanol–water partition coefficient (Wildman–Crippen LogP) is 13.5. The molecule has 218 valence electrons. The van der Waals surface area contributed by atoms with Crippen molar-refractivity contribution in [2.75, 3.05) is 0 Å². The maximum Gasteiger partial charge on any atom is 0.136 e. The van der Waals surface area contributed by atoms with Crippen molar-refractivity contribution in [2.45, 2.75) is 0 Å². The van der Waals surface area contributed by atoms with E-state index in [0.29, 0.717) is 0 Å². The van der Waals surface area contributed by atoms with Gasteiger partial charge in [-0.05, 0) is 92.3 Å².